The fourth-order valence-electron chi connectivity index (χ4n) is 0.782. The van der Waals surface area contributed by atoms with Crippen LogP contribution in [-0.4, -0.2) is 21.9 Å². The van der Waals surface area contributed by atoms with Gasteiger partial charge in [0, 0.05) is 12.7 Å². The van der Waals surface area contributed by atoms with E-state index in [0.717, 1.165) is 12.2 Å². The number of nitrogens with one attached hydrogen (secondary N) is 3. The molecule has 66 valence electrons. The van der Waals surface area contributed by atoms with E-state index in [-0.39, 0.29) is 0 Å². The summed E-state index contributed by atoms with van der Waals surface area (Å²) in [5.41, 5.74) is 1.02. The first-order valence-electron chi connectivity index (χ1n) is 3.83. The summed E-state index contributed by atoms with van der Waals surface area (Å²) >= 11 is 4.97. The van der Waals surface area contributed by atoms with Crippen LogP contribution in [0.3, 0.4) is 0 Å². The number of hydrogen-bond donors (Lipinski definition) is 3. The van der Waals surface area contributed by atoms with Crippen molar-refractivity contribution in [3.8, 4) is 0 Å². The second kappa shape index (κ2) is 4.71. The van der Waals surface area contributed by atoms with Crippen LogP contribution in [0.25, 0.3) is 0 Å². The zero-order chi connectivity index (χ0) is 8.81. The molecule has 1 aromatic heterocycles. The van der Waals surface area contributed by atoms with E-state index in [0.29, 0.717) is 11.7 Å². The third-order valence-electron chi connectivity index (χ3n) is 1.34. The summed E-state index contributed by atoms with van der Waals surface area (Å²) in [7, 11) is 0. The van der Waals surface area contributed by atoms with Crippen molar-refractivity contribution in [1.29, 1.82) is 0 Å². The molecule has 1 rings (SSSR count). The van der Waals surface area contributed by atoms with Crippen LogP contribution >= 0.6 is 12.2 Å². The van der Waals surface area contributed by atoms with Gasteiger partial charge in [-0.25, -0.2) is 0 Å². The molecule has 3 N–H and O–H groups in total. The van der Waals surface area contributed by atoms with Crippen molar-refractivity contribution >= 4 is 17.3 Å². The molecule has 0 radical (unpaired) electrons. The molecule has 5 heteroatoms. The quantitative estimate of drug-likeness (QED) is 0.595. The minimum Gasteiger partial charge on any atom is -0.363 e. The first-order chi connectivity index (χ1) is 5.83. The monoisotopic (exact) mass is 184 g/mol. The van der Waals surface area contributed by atoms with E-state index in [9.17, 15) is 0 Å². The van der Waals surface area contributed by atoms with E-state index >= 15 is 0 Å². The molecule has 0 aromatic carbocycles. The number of rotatable bonds is 3. The number of aromatic nitrogens is 2. The normalized spacial score (nSPS) is 9.42. The molecule has 0 aliphatic heterocycles. The van der Waals surface area contributed by atoms with Gasteiger partial charge >= 0.3 is 0 Å². The lowest BCUT2D eigenvalue weighted by molar-refractivity contribution is 0.824. The van der Waals surface area contributed by atoms with E-state index in [1.54, 1.807) is 6.20 Å². The molecule has 1 aromatic rings. The van der Waals surface area contributed by atoms with E-state index in [1.165, 1.54) is 0 Å². The van der Waals surface area contributed by atoms with Gasteiger partial charge in [-0.3, -0.25) is 5.10 Å². The minimum absolute atomic E-state index is 0.673. The molecule has 12 heavy (non-hydrogen) atoms. The molecule has 0 aliphatic carbocycles. The van der Waals surface area contributed by atoms with Crippen molar-refractivity contribution in [2.24, 2.45) is 0 Å². The van der Waals surface area contributed by atoms with E-state index < -0.39 is 0 Å². The molecule has 1 heterocycles. The maximum atomic E-state index is 4.97. The average Bonchev–Trinajstić information content (AvgIpc) is 2.53. The summed E-state index contributed by atoms with van der Waals surface area (Å²) in [6.07, 6.45) is 1.72. The highest BCUT2D eigenvalue weighted by Crippen LogP contribution is 1.88. The molecule has 0 fully saturated rings. The SMILES string of the molecule is CCNC(=S)NCc1ccn[nH]1. The topological polar surface area (TPSA) is 52.7 Å². The highest BCUT2D eigenvalue weighted by atomic mass is 32.1. The molecular formula is C7H12N4S. The summed E-state index contributed by atoms with van der Waals surface area (Å²) in [5.74, 6) is 0. The number of H-pyrrole nitrogens is 1. The largest absolute Gasteiger partial charge is 0.363 e. The Hall–Kier alpha value is -1.10. The lowest BCUT2D eigenvalue weighted by Crippen LogP contribution is -2.34. The standard InChI is InChI=1S/C7H12N4S/c1-2-8-7(12)9-5-6-3-4-10-11-6/h3-4H,2,5H2,1H3,(H,10,11)(H2,8,9,12). The minimum atomic E-state index is 0.673. The second-order valence-corrected chi connectivity index (χ2v) is 2.70. The van der Waals surface area contributed by atoms with Gasteiger partial charge in [0.15, 0.2) is 5.11 Å². The molecular weight excluding hydrogens is 172 g/mol. The van der Waals surface area contributed by atoms with Crippen LogP contribution in [0.2, 0.25) is 0 Å². The van der Waals surface area contributed by atoms with Gasteiger partial charge in [-0.15, -0.1) is 0 Å². The van der Waals surface area contributed by atoms with Gasteiger partial charge in [-0.05, 0) is 25.2 Å². The zero-order valence-corrected chi connectivity index (χ0v) is 7.74. The Morgan fingerprint density at radius 3 is 3.08 bits per heavy atom. The van der Waals surface area contributed by atoms with Gasteiger partial charge < -0.3 is 10.6 Å². The van der Waals surface area contributed by atoms with Crippen LogP contribution in [0, 0.1) is 0 Å². The molecule has 0 saturated carbocycles. The first-order valence-corrected chi connectivity index (χ1v) is 4.23. The van der Waals surface area contributed by atoms with Gasteiger partial charge in [0.2, 0.25) is 0 Å². The van der Waals surface area contributed by atoms with Crippen LogP contribution in [-0.2, 0) is 6.54 Å². The van der Waals surface area contributed by atoms with E-state index in [4.69, 9.17) is 12.2 Å². The zero-order valence-electron chi connectivity index (χ0n) is 6.92. The van der Waals surface area contributed by atoms with E-state index in [2.05, 4.69) is 20.8 Å². The number of hydrogen-bond acceptors (Lipinski definition) is 2. The van der Waals surface area contributed by atoms with E-state index in [1.807, 2.05) is 13.0 Å². The van der Waals surface area contributed by atoms with Crippen LogP contribution in [0.4, 0.5) is 0 Å². The molecule has 0 saturated heterocycles. The van der Waals surface area contributed by atoms with Crippen molar-refractivity contribution in [3.63, 3.8) is 0 Å². The van der Waals surface area contributed by atoms with Gasteiger partial charge in [0.25, 0.3) is 0 Å². The molecule has 0 spiro atoms. The fraction of sp³-hybridized carbons (Fsp3) is 0.429. The summed E-state index contributed by atoms with van der Waals surface area (Å²) < 4.78 is 0. The lowest BCUT2D eigenvalue weighted by Gasteiger charge is -2.06. The Kier molecular flexibility index (Phi) is 3.53. The summed E-state index contributed by atoms with van der Waals surface area (Å²) in [4.78, 5) is 0. The summed E-state index contributed by atoms with van der Waals surface area (Å²) in [6.45, 7) is 3.53. The molecule has 0 amide bonds. The molecule has 0 bridgehead atoms. The van der Waals surface area contributed by atoms with Crippen LogP contribution in [0.5, 0.6) is 0 Å². The average molecular weight is 184 g/mol. The Morgan fingerprint density at radius 2 is 2.50 bits per heavy atom. The van der Waals surface area contributed by atoms with Gasteiger partial charge in [-0.2, -0.15) is 5.10 Å². The number of thiocarbonyl (C=S) groups is 1. The van der Waals surface area contributed by atoms with Crippen molar-refractivity contribution in [2.75, 3.05) is 6.54 Å². The maximum Gasteiger partial charge on any atom is 0.166 e. The predicted octanol–water partition coefficient (Wildman–Crippen LogP) is 0.394. The molecule has 0 atom stereocenters. The van der Waals surface area contributed by atoms with Crippen LogP contribution < -0.4 is 10.6 Å². The van der Waals surface area contributed by atoms with Crippen molar-refractivity contribution in [2.45, 2.75) is 13.5 Å². The number of nitrogens with zero attached hydrogens (tertiary/aromatic N) is 1. The Labute approximate surface area is 76.7 Å². The molecule has 0 unspecified atom stereocenters. The maximum absolute atomic E-state index is 4.97. The molecule has 0 aliphatic rings. The predicted molar refractivity (Wildman–Crippen MR) is 51.7 cm³/mol. The van der Waals surface area contributed by atoms with Crippen molar-refractivity contribution < 1.29 is 0 Å². The Bertz CT molecular complexity index is 232. The van der Waals surface area contributed by atoms with Gasteiger partial charge in [0.1, 0.15) is 0 Å². The Morgan fingerprint density at radius 1 is 1.67 bits per heavy atom. The number of aromatic amines is 1. The highest BCUT2D eigenvalue weighted by Gasteiger charge is 1.94. The third-order valence-corrected chi connectivity index (χ3v) is 1.62. The summed E-state index contributed by atoms with van der Waals surface area (Å²) in [5, 5.41) is 13.4. The Balaban J connectivity index is 2.22. The van der Waals surface area contributed by atoms with Crippen LogP contribution in [0.1, 0.15) is 12.6 Å². The van der Waals surface area contributed by atoms with Crippen molar-refractivity contribution in [1.82, 2.24) is 20.8 Å². The third kappa shape index (κ3) is 2.87. The fourth-order valence-corrected chi connectivity index (χ4v) is 0.998. The van der Waals surface area contributed by atoms with Crippen molar-refractivity contribution in [3.05, 3.63) is 18.0 Å². The summed E-state index contributed by atoms with van der Waals surface area (Å²) in [6, 6.07) is 1.90. The second-order valence-electron chi connectivity index (χ2n) is 2.29. The lowest BCUT2D eigenvalue weighted by atomic mass is 10.4. The smallest absolute Gasteiger partial charge is 0.166 e. The first kappa shape index (κ1) is 8.99. The van der Waals surface area contributed by atoms with Crippen LogP contribution in [0.15, 0.2) is 12.3 Å². The van der Waals surface area contributed by atoms with Gasteiger partial charge in [-0.1, -0.05) is 0 Å². The highest BCUT2D eigenvalue weighted by molar-refractivity contribution is 7.80. The van der Waals surface area contributed by atoms with Gasteiger partial charge in [0.05, 0.1) is 12.2 Å². The molecule has 4 nitrogen and oxygen atoms in total.